The number of carbonyl (C=O) groups is 2. The molecular formula is C22H26N2O5S. The summed E-state index contributed by atoms with van der Waals surface area (Å²) in [5.41, 5.74) is 0. The minimum atomic E-state index is -0.293. The molecule has 1 unspecified atom stereocenters. The molecule has 2 aromatic rings. The summed E-state index contributed by atoms with van der Waals surface area (Å²) in [5, 5.41) is 1.99. The normalized spacial score (nSPS) is 19.6. The third-order valence-corrected chi connectivity index (χ3v) is 6.44. The predicted molar refractivity (Wildman–Crippen MR) is 113 cm³/mol. The lowest BCUT2D eigenvalue weighted by Crippen LogP contribution is -2.47. The molecule has 3 heterocycles. The second-order valence-electron chi connectivity index (χ2n) is 7.51. The molecule has 160 valence electrons. The van der Waals surface area contributed by atoms with Gasteiger partial charge in [0.1, 0.15) is 18.1 Å². The van der Waals surface area contributed by atoms with Crippen molar-refractivity contribution >= 4 is 23.3 Å². The maximum absolute atomic E-state index is 12.5. The van der Waals surface area contributed by atoms with Crippen molar-refractivity contribution in [2.75, 3.05) is 33.4 Å². The Balaban J connectivity index is 1.23. The van der Waals surface area contributed by atoms with E-state index in [9.17, 15) is 9.59 Å². The van der Waals surface area contributed by atoms with Crippen LogP contribution >= 0.6 is 11.3 Å². The third kappa shape index (κ3) is 4.87. The van der Waals surface area contributed by atoms with Crippen LogP contribution in [0.2, 0.25) is 0 Å². The summed E-state index contributed by atoms with van der Waals surface area (Å²) in [7, 11) is 1.62. The van der Waals surface area contributed by atoms with Gasteiger partial charge in [-0.25, -0.2) is 4.79 Å². The Hall–Kier alpha value is -2.74. The fourth-order valence-electron chi connectivity index (χ4n) is 3.89. The molecule has 7 nitrogen and oxygen atoms in total. The minimum Gasteiger partial charge on any atom is -0.497 e. The van der Waals surface area contributed by atoms with Gasteiger partial charge >= 0.3 is 6.09 Å². The third-order valence-electron chi connectivity index (χ3n) is 5.56. The van der Waals surface area contributed by atoms with Gasteiger partial charge in [-0.1, -0.05) is 6.07 Å². The Kier molecular flexibility index (Phi) is 6.42. The number of nitrogens with zero attached hydrogens (tertiary/aromatic N) is 2. The number of piperidine rings is 1. The fourth-order valence-corrected chi connectivity index (χ4v) is 4.58. The summed E-state index contributed by atoms with van der Waals surface area (Å²) in [4.78, 5) is 29.6. The van der Waals surface area contributed by atoms with E-state index < -0.39 is 0 Å². The lowest BCUT2D eigenvalue weighted by molar-refractivity contribution is -0.131. The number of hydrogen-bond acceptors (Lipinski definition) is 6. The van der Waals surface area contributed by atoms with Crippen molar-refractivity contribution in [3.05, 3.63) is 46.7 Å². The van der Waals surface area contributed by atoms with E-state index >= 15 is 0 Å². The first-order valence-corrected chi connectivity index (χ1v) is 11.0. The molecule has 2 fully saturated rings. The van der Waals surface area contributed by atoms with E-state index in [0.717, 1.165) is 23.5 Å². The van der Waals surface area contributed by atoms with E-state index in [2.05, 4.69) is 0 Å². The van der Waals surface area contributed by atoms with Crippen LogP contribution in [0.3, 0.4) is 0 Å². The van der Waals surface area contributed by atoms with Crippen LogP contribution in [0, 0.1) is 0 Å². The van der Waals surface area contributed by atoms with Crippen LogP contribution < -0.4 is 9.47 Å². The Morgan fingerprint density at radius 1 is 1.17 bits per heavy atom. The number of amides is 2. The largest absolute Gasteiger partial charge is 0.497 e. The van der Waals surface area contributed by atoms with Gasteiger partial charge in [0.2, 0.25) is 5.91 Å². The molecule has 2 amide bonds. The van der Waals surface area contributed by atoms with Gasteiger partial charge in [0, 0.05) is 24.0 Å². The van der Waals surface area contributed by atoms with Crippen molar-refractivity contribution in [3.8, 4) is 11.5 Å². The van der Waals surface area contributed by atoms with Gasteiger partial charge in [-0.2, -0.15) is 0 Å². The average molecular weight is 431 g/mol. The predicted octanol–water partition coefficient (Wildman–Crippen LogP) is 3.19. The number of hydrogen-bond donors (Lipinski definition) is 0. The highest BCUT2D eigenvalue weighted by atomic mass is 32.1. The number of methoxy groups -OCH3 is 1. The second-order valence-corrected chi connectivity index (χ2v) is 8.55. The van der Waals surface area contributed by atoms with Crippen LogP contribution in [0.4, 0.5) is 4.79 Å². The van der Waals surface area contributed by atoms with Crippen molar-refractivity contribution in [1.29, 1.82) is 0 Å². The highest BCUT2D eigenvalue weighted by molar-refractivity contribution is 7.10. The second kappa shape index (κ2) is 9.38. The van der Waals surface area contributed by atoms with Crippen molar-refractivity contribution in [2.45, 2.75) is 31.4 Å². The molecule has 0 aliphatic carbocycles. The number of thiophene rings is 1. The molecule has 30 heavy (non-hydrogen) atoms. The minimum absolute atomic E-state index is 0.106. The first-order chi connectivity index (χ1) is 14.6. The summed E-state index contributed by atoms with van der Waals surface area (Å²) in [6.07, 6.45) is 1.42. The van der Waals surface area contributed by atoms with E-state index in [1.807, 2.05) is 46.7 Å². The number of carbonyl (C=O) groups excluding carboxylic acids is 2. The highest BCUT2D eigenvalue weighted by Crippen LogP contribution is 2.24. The molecule has 4 rings (SSSR count). The van der Waals surface area contributed by atoms with Crippen molar-refractivity contribution in [2.24, 2.45) is 0 Å². The van der Waals surface area contributed by atoms with Crippen molar-refractivity contribution in [3.63, 3.8) is 0 Å². The smallest absolute Gasteiger partial charge is 0.410 e. The zero-order chi connectivity index (χ0) is 20.9. The lowest BCUT2D eigenvalue weighted by Gasteiger charge is -2.35. The molecule has 0 N–H and O–H groups in total. The van der Waals surface area contributed by atoms with Crippen molar-refractivity contribution < 1.29 is 23.8 Å². The lowest BCUT2D eigenvalue weighted by atomic mass is 10.0. The van der Waals surface area contributed by atoms with Crippen LogP contribution in [0.25, 0.3) is 0 Å². The summed E-state index contributed by atoms with van der Waals surface area (Å²) >= 11 is 1.61. The molecule has 8 heteroatoms. The first-order valence-electron chi connectivity index (χ1n) is 10.2. The van der Waals surface area contributed by atoms with Gasteiger partial charge in [0.15, 0.2) is 6.10 Å². The topological polar surface area (TPSA) is 68.3 Å². The van der Waals surface area contributed by atoms with Gasteiger partial charge < -0.3 is 24.0 Å². The van der Waals surface area contributed by atoms with Crippen LogP contribution in [-0.2, 0) is 16.0 Å². The Bertz CT molecular complexity index is 847. The van der Waals surface area contributed by atoms with Gasteiger partial charge in [-0.05, 0) is 48.6 Å². The van der Waals surface area contributed by atoms with E-state index in [1.165, 1.54) is 0 Å². The van der Waals surface area contributed by atoms with E-state index in [1.54, 1.807) is 23.3 Å². The van der Waals surface area contributed by atoms with Crippen LogP contribution in [0.1, 0.15) is 17.7 Å². The quantitative estimate of drug-likeness (QED) is 0.675. The van der Waals surface area contributed by atoms with Gasteiger partial charge in [0.25, 0.3) is 0 Å². The number of benzene rings is 1. The fraction of sp³-hybridized carbons (Fsp3) is 0.455. The summed E-state index contributed by atoms with van der Waals surface area (Å²) in [6.45, 7) is 2.17. The van der Waals surface area contributed by atoms with Crippen molar-refractivity contribution in [1.82, 2.24) is 9.80 Å². The Morgan fingerprint density at radius 2 is 1.90 bits per heavy atom. The van der Waals surface area contributed by atoms with Crippen LogP contribution in [-0.4, -0.2) is 67.3 Å². The molecule has 0 radical (unpaired) electrons. The molecule has 1 atom stereocenters. The number of ether oxygens (including phenoxy) is 3. The molecule has 0 spiro atoms. The molecule has 2 saturated heterocycles. The number of cyclic esters (lactones) is 1. The van der Waals surface area contributed by atoms with Gasteiger partial charge in [-0.3, -0.25) is 4.79 Å². The summed E-state index contributed by atoms with van der Waals surface area (Å²) in [5.74, 6) is 1.63. The molecule has 0 saturated carbocycles. The molecule has 1 aromatic heterocycles. The maximum Gasteiger partial charge on any atom is 0.410 e. The zero-order valence-corrected chi connectivity index (χ0v) is 17.8. The Morgan fingerprint density at radius 3 is 2.57 bits per heavy atom. The zero-order valence-electron chi connectivity index (χ0n) is 17.0. The number of likely N-dealkylation sites (tertiary alicyclic amines) is 1. The molecular weight excluding hydrogens is 404 g/mol. The average Bonchev–Trinajstić information content (AvgIpc) is 3.42. The molecule has 2 aliphatic heterocycles. The van der Waals surface area contributed by atoms with E-state index in [0.29, 0.717) is 38.4 Å². The highest BCUT2D eigenvalue weighted by Gasteiger charge is 2.38. The molecule has 1 aromatic carbocycles. The van der Waals surface area contributed by atoms with Crippen LogP contribution in [0.15, 0.2) is 41.8 Å². The monoisotopic (exact) mass is 430 g/mol. The Labute approximate surface area is 180 Å². The first kappa shape index (κ1) is 20.5. The van der Waals surface area contributed by atoms with Gasteiger partial charge in [-0.15, -0.1) is 11.3 Å². The summed E-state index contributed by atoms with van der Waals surface area (Å²) < 4.78 is 16.4. The molecule has 2 aliphatic rings. The summed E-state index contributed by atoms with van der Waals surface area (Å²) in [6, 6.07) is 11.4. The molecule has 0 bridgehead atoms. The van der Waals surface area contributed by atoms with E-state index in [4.69, 9.17) is 14.2 Å². The van der Waals surface area contributed by atoms with Gasteiger partial charge in [0.05, 0.1) is 20.1 Å². The van der Waals surface area contributed by atoms with E-state index in [-0.39, 0.29) is 24.1 Å². The van der Waals surface area contributed by atoms with Crippen LogP contribution in [0.5, 0.6) is 11.5 Å². The standard InChI is InChI=1S/C22H26N2O5S/c1-27-17-4-6-18(7-5-17)28-15-19-14-24(22(26)29-19)16-8-10-23(11-9-16)21(25)13-20-3-2-12-30-20/h2-7,12,16,19H,8-11,13-15H2,1H3. The number of rotatable bonds is 7. The SMILES string of the molecule is COc1ccc(OCC2CN(C3CCN(C(=O)Cc4cccs4)CC3)C(=O)O2)cc1. The maximum atomic E-state index is 12.5.